The van der Waals surface area contributed by atoms with Crippen molar-refractivity contribution < 1.29 is 19.4 Å². The second kappa shape index (κ2) is 8.63. The highest BCUT2D eigenvalue weighted by molar-refractivity contribution is 5.78. The smallest absolute Gasteiger partial charge is 0.234 e. The minimum atomic E-state index is -0.267. The monoisotopic (exact) mass is 284 g/mol. The summed E-state index contributed by atoms with van der Waals surface area (Å²) in [7, 11) is 0. The van der Waals surface area contributed by atoms with E-state index in [1.165, 1.54) is 6.07 Å². The van der Waals surface area contributed by atoms with E-state index >= 15 is 0 Å². The molecule has 0 radical (unpaired) electrons. The van der Waals surface area contributed by atoms with Crippen LogP contribution in [0.2, 0.25) is 0 Å². The van der Waals surface area contributed by atoms with Gasteiger partial charge in [-0.25, -0.2) is 4.39 Å². The number of hydrogen-bond donors (Lipinski definition) is 3. The minimum Gasteiger partial charge on any atom is -0.395 e. The number of nitrogens with zero attached hydrogens (tertiary/aromatic N) is 1. The molecule has 0 aliphatic rings. The molecule has 0 aromatic heterocycles. The van der Waals surface area contributed by atoms with E-state index in [9.17, 15) is 9.18 Å². The van der Waals surface area contributed by atoms with Crippen molar-refractivity contribution in [1.29, 1.82) is 0 Å². The van der Waals surface area contributed by atoms with Gasteiger partial charge in [0, 0.05) is 19.6 Å². The Morgan fingerprint density at radius 1 is 1.30 bits per heavy atom. The van der Waals surface area contributed by atoms with Gasteiger partial charge >= 0.3 is 0 Å². The quantitative estimate of drug-likeness (QED) is 0.630. The van der Waals surface area contributed by atoms with E-state index in [0.29, 0.717) is 25.2 Å². The molecule has 6 heteroatoms. The van der Waals surface area contributed by atoms with Gasteiger partial charge in [-0.15, -0.1) is 0 Å². The van der Waals surface area contributed by atoms with Crippen LogP contribution in [0.1, 0.15) is 11.1 Å². The summed E-state index contributed by atoms with van der Waals surface area (Å²) < 4.78 is 13.1. The number of carbonyl (C=O) groups is 1. The number of nitrogens with one attached hydrogen (secondary N) is 1. The molecule has 0 aliphatic heterocycles. The van der Waals surface area contributed by atoms with Crippen LogP contribution in [0.15, 0.2) is 18.2 Å². The van der Waals surface area contributed by atoms with Crippen LogP contribution in [0.25, 0.3) is 0 Å². The van der Waals surface area contributed by atoms with Gasteiger partial charge < -0.3 is 15.5 Å². The van der Waals surface area contributed by atoms with Crippen molar-refractivity contribution in [3.05, 3.63) is 35.1 Å². The molecule has 0 saturated carbocycles. The molecule has 5 nitrogen and oxygen atoms in total. The molecule has 0 bridgehead atoms. The molecule has 0 spiro atoms. The third-order valence-electron chi connectivity index (χ3n) is 2.91. The van der Waals surface area contributed by atoms with Crippen LogP contribution < -0.4 is 5.32 Å². The molecule has 0 aliphatic carbocycles. The summed E-state index contributed by atoms with van der Waals surface area (Å²) in [6.45, 7) is 2.65. The Balaban J connectivity index is 2.43. The van der Waals surface area contributed by atoms with Crippen molar-refractivity contribution in [1.82, 2.24) is 10.2 Å². The summed E-state index contributed by atoms with van der Waals surface area (Å²) in [5.74, 6) is -0.467. The number of aliphatic hydroxyl groups excluding tert-OH is 2. The normalized spacial score (nSPS) is 10.8. The SMILES string of the molecule is Cc1cc(CNC(=O)CN(CCO)CCO)ccc1F. The molecule has 1 aromatic carbocycles. The zero-order chi connectivity index (χ0) is 15.0. The van der Waals surface area contributed by atoms with Crippen LogP contribution in [0.4, 0.5) is 4.39 Å². The van der Waals surface area contributed by atoms with Crippen molar-refractivity contribution in [3.63, 3.8) is 0 Å². The highest BCUT2D eigenvalue weighted by Crippen LogP contribution is 2.08. The van der Waals surface area contributed by atoms with Crippen LogP contribution in [-0.4, -0.2) is 53.9 Å². The number of aryl methyl sites for hydroxylation is 1. The molecule has 1 aromatic rings. The van der Waals surface area contributed by atoms with Gasteiger partial charge in [-0.05, 0) is 24.1 Å². The molecule has 20 heavy (non-hydrogen) atoms. The lowest BCUT2D eigenvalue weighted by molar-refractivity contribution is -0.122. The van der Waals surface area contributed by atoms with E-state index in [0.717, 1.165) is 5.56 Å². The molecule has 0 heterocycles. The first-order valence-corrected chi connectivity index (χ1v) is 6.52. The van der Waals surface area contributed by atoms with Crippen LogP contribution in [0.3, 0.4) is 0 Å². The molecule has 112 valence electrons. The Kier molecular flexibility index (Phi) is 7.14. The zero-order valence-electron chi connectivity index (χ0n) is 11.6. The van der Waals surface area contributed by atoms with Crippen molar-refractivity contribution in [3.8, 4) is 0 Å². The van der Waals surface area contributed by atoms with Crippen LogP contribution in [0.5, 0.6) is 0 Å². The standard InChI is InChI=1S/C14H21FN2O3/c1-11-8-12(2-3-13(11)15)9-16-14(20)10-17(4-6-18)5-7-19/h2-3,8,18-19H,4-7,9-10H2,1H3,(H,16,20). The van der Waals surface area contributed by atoms with Gasteiger partial charge in [0.05, 0.1) is 19.8 Å². The summed E-state index contributed by atoms with van der Waals surface area (Å²) in [6.07, 6.45) is 0. The Morgan fingerprint density at radius 2 is 1.95 bits per heavy atom. The summed E-state index contributed by atoms with van der Waals surface area (Å²) >= 11 is 0. The van der Waals surface area contributed by atoms with Gasteiger partial charge in [0.25, 0.3) is 0 Å². The van der Waals surface area contributed by atoms with Crippen molar-refractivity contribution in [2.24, 2.45) is 0 Å². The Morgan fingerprint density at radius 3 is 2.50 bits per heavy atom. The van der Waals surface area contributed by atoms with Crippen molar-refractivity contribution in [2.75, 3.05) is 32.8 Å². The number of rotatable bonds is 8. The number of benzene rings is 1. The van der Waals surface area contributed by atoms with E-state index < -0.39 is 0 Å². The first kappa shape index (κ1) is 16.6. The van der Waals surface area contributed by atoms with E-state index in [2.05, 4.69) is 5.32 Å². The molecule has 0 saturated heterocycles. The Hall–Kier alpha value is -1.50. The lowest BCUT2D eigenvalue weighted by Gasteiger charge is -2.19. The fourth-order valence-corrected chi connectivity index (χ4v) is 1.83. The lowest BCUT2D eigenvalue weighted by Crippen LogP contribution is -2.39. The predicted octanol–water partition coefficient (Wildman–Crippen LogP) is 0.0369. The van der Waals surface area contributed by atoms with Gasteiger partial charge in [0.2, 0.25) is 5.91 Å². The van der Waals surface area contributed by atoms with Crippen molar-refractivity contribution in [2.45, 2.75) is 13.5 Å². The third-order valence-corrected chi connectivity index (χ3v) is 2.91. The molecule has 1 rings (SSSR count). The zero-order valence-corrected chi connectivity index (χ0v) is 11.6. The van der Waals surface area contributed by atoms with Crippen LogP contribution >= 0.6 is 0 Å². The lowest BCUT2D eigenvalue weighted by atomic mass is 10.1. The van der Waals surface area contributed by atoms with E-state index in [-0.39, 0.29) is 31.5 Å². The van der Waals surface area contributed by atoms with Gasteiger partial charge in [-0.3, -0.25) is 9.69 Å². The molecule has 0 atom stereocenters. The van der Waals surface area contributed by atoms with E-state index in [4.69, 9.17) is 10.2 Å². The minimum absolute atomic E-state index is 0.0650. The maximum Gasteiger partial charge on any atom is 0.234 e. The molecular weight excluding hydrogens is 263 g/mol. The first-order chi connectivity index (χ1) is 9.56. The molecular formula is C14H21FN2O3. The number of carbonyl (C=O) groups excluding carboxylic acids is 1. The van der Waals surface area contributed by atoms with Crippen LogP contribution in [0, 0.1) is 12.7 Å². The average molecular weight is 284 g/mol. The van der Waals surface area contributed by atoms with E-state index in [1.54, 1.807) is 24.0 Å². The highest BCUT2D eigenvalue weighted by atomic mass is 19.1. The summed E-state index contributed by atoms with van der Waals surface area (Å²) in [6, 6.07) is 4.69. The summed E-state index contributed by atoms with van der Waals surface area (Å²) in [5.41, 5.74) is 1.37. The second-order valence-corrected chi connectivity index (χ2v) is 4.58. The van der Waals surface area contributed by atoms with Gasteiger partial charge in [0.15, 0.2) is 0 Å². The van der Waals surface area contributed by atoms with Crippen molar-refractivity contribution >= 4 is 5.91 Å². The number of halogens is 1. The van der Waals surface area contributed by atoms with Crippen LogP contribution in [-0.2, 0) is 11.3 Å². The fraction of sp³-hybridized carbons (Fsp3) is 0.500. The van der Waals surface area contributed by atoms with Gasteiger partial charge in [-0.1, -0.05) is 12.1 Å². The third kappa shape index (κ3) is 5.64. The molecule has 3 N–H and O–H groups in total. The topological polar surface area (TPSA) is 72.8 Å². The second-order valence-electron chi connectivity index (χ2n) is 4.58. The Labute approximate surface area is 118 Å². The van der Waals surface area contributed by atoms with Gasteiger partial charge in [-0.2, -0.15) is 0 Å². The summed E-state index contributed by atoms with van der Waals surface area (Å²) in [4.78, 5) is 13.4. The summed E-state index contributed by atoms with van der Waals surface area (Å²) in [5, 5.41) is 20.4. The molecule has 0 fully saturated rings. The number of amides is 1. The number of hydrogen-bond acceptors (Lipinski definition) is 4. The van der Waals surface area contributed by atoms with E-state index in [1.807, 2.05) is 0 Å². The fourth-order valence-electron chi connectivity index (χ4n) is 1.83. The molecule has 0 unspecified atom stereocenters. The largest absolute Gasteiger partial charge is 0.395 e. The first-order valence-electron chi connectivity index (χ1n) is 6.52. The highest BCUT2D eigenvalue weighted by Gasteiger charge is 2.09. The average Bonchev–Trinajstić information content (AvgIpc) is 2.41. The predicted molar refractivity (Wildman–Crippen MR) is 73.6 cm³/mol. The maximum absolute atomic E-state index is 13.1. The molecule has 1 amide bonds. The van der Waals surface area contributed by atoms with Gasteiger partial charge in [0.1, 0.15) is 5.82 Å². The number of aliphatic hydroxyl groups is 2. The maximum atomic E-state index is 13.1. The Bertz CT molecular complexity index is 434.